The molecule has 2 aromatic carbocycles. The van der Waals surface area contributed by atoms with Crippen LogP contribution in [0.5, 0.6) is 0 Å². The molecule has 0 bridgehead atoms. The fourth-order valence-corrected chi connectivity index (χ4v) is 3.49. The van der Waals surface area contributed by atoms with Crippen molar-refractivity contribution in [2.75, 3.05) is 0 Å². The summed E-state index contributed by atoms with van der Waals surface area (Å²) in [4.78, 5) is 0.0911. The first-order valence-corrected chi connectivity index (χ1v) is 8.32. The lowest BCUT2D eigenvalue weighted by molar-refractivity contribution is 0.581. The zero-order valence-electron chi connectivity index (χ0n) is 11.6. The van der Waals surface area contributed by atoms with Gasteiger partial charge < -0.3 is 5.73 Å². The Hall–Kier alpha value is -1.40. The second-order valence-electron chi connectivity index (χ2n) is 4.78. The van der Waals surface area contributed by atoms with E-state index in [1.54, 1.807) is 12.1 Å². The molecule has 112 valence electrons. The molecule has 0 aliphatic carbocycles. The molecule has 0 amide bonds. The van der Waals surface area contributed by atoms with Gasteiger partial charge in [0, 0.05) is 13.1 Å². The number of halogens is 1. The Kier molecular flexibility index (Phi) is 5.00. The van der Waals surface area contributed by atoms with Gasteiger partial charge in [0.2, 0.25) is 10.0 Å². The Bertz CT molecular complexity index is 728. The van der Waals surface area contributed by atoms with Gasteiger partial charge in [-0.3, -0.25) is 0 Å². The Morgan fingerprint density at radius 3 is 2.29 bits per heavy atom. The molecule has 21 heavy (non-hydrogen) atoms. The van der Waals surface area contributed by atoms with Gasteiger partial charge in [0.1, 0.15) is 4.90 Å². The van der Waals surface area contributed by atoms with Gasteiger partial charge in [-0.2, -0.15) is 0 Å². The Labute approximate surface area is 130 Å². The molecule has 0 radical (unpaired) electrons. The van der Waals surface area contributed by atoms with Gasteiger partial charge in [0.25, 0.3) is 0 Å². The number of hydrogen-bond acceptors (Lipinski definition) is 3. The lowest BCUT2D eigenvalue weighted by Crippen LogP contribution is -2.23. The average molecular weight is 325 g/mol. The van der Waals surface area contributed by atoms with Crippen LogP contribution in [0.3, 0.4) is 0 Å². The van der Waals surface area contributed by atoms with Gasteiger partial charge in [0.05, 0.1) is 5.02 Å². The largest absolute Gasteiger partial charge is 0.326 e. The number of sulfonamides is 1. The summed E-state index contributed by atoms with van der Waals surface area (Å²) in [5.74, 6) is 0. The maximum Gasteiger partial charge on any atom is 0.242 e. The zero-order valence-corrected chi connectivity index (χ0v) is 13.2. The SMILES string of the molecule is Cc1ccc(S(=O)(=O)NCc2ccc(CN)cc2)c(Cl)c1. The summed E-state index contributed by atoms with van der Waals surface area (Å²) in [5, 5.41) is 0.223. The van der Waals surface area contributed by atoms with Crippen molar-refractivity contribution in [2.24, 2.45) is 5.73 Å². The van der Waals surface area contributed by atoms with Crippen molar-refractivity contribution in [3.05, 3.63) is 64.2 Å². The van der Waals surface area contributed by atoms with E-state index in [0.29, 0.717) is 6.54 Å². The zero-order chi connectivity index (χ0) is 15.5. The molecule has 0 atom stereocenters. The summed E-state index contributed by atoms with van der Waals surface area (Å²) in [6.07, 6.45) is 0. The smallest absolute Gasteiger partial charge is 0.242 e. The minimum absolute atomic E-state index is 0.0911. The Morgan fingerprint density at radius 1 is 1.10 bits per heavy atom. The normalized spacial score (nSPS) is 11.6. The topological polar surface area (TPSA) is 72.2 Å². The highest BCUT2D eigenvalue weighted by Gasteiger charge is 2.17. The van der Waals surface area contributed by atoms with E-state index < -0.39 is 10.0 Å². The highest BCUT2D eigenvalue weighted by molar-refractivity contribution is 7.89. The van der Waals surface area contributed by atoms with Crippen LogP contribution >= 0.6 is 11.6 Å². The van der Waals surface area contributed by atoms with E-state index in [2.05, 4.69) is 4.72 Å². The number of benzene rings is 2. The summed E-state index contributed by atoms with van der Waals surface area (Å²) in [5.41, 5.74) is 8.30. The van der Waals surface area contributed by atoms with Crippen molar-refractivity contribution in [2.45, 2.75) is 24.9 Å². The van der Waals surface area contributed by atoms with Crippen LogP contribution in [0.4, 0.5) is 0 Å². The number of aryl methyl sites for hydroxylation is 1. The Balaban J connectivity index is 2.13. The minimum atomic E-state index is -3.63. The molecule has 2 rings (SSSR count). The summed E-state index contributed by atoms with van der Waals surface area (Å²) < 4.78 is 27.0. The third-order valence-electron chi connectivity index (χ3n) is 3.10. The van der Waals surface area contributed by atoms with Crippen LogP contribution < -0.4 is 10.5 Å². The molecule has 0 aromatic heterocycles. The van der Waals surface area contributed by atoms with E-state index >= 15 is 0 Å². The molecule has 0 heterocycles. The average Bonchev–Trinajstić information content (AvgIpc) is 2.45. The second kappa shape index (κ2) is 6.58. The molecule has 4 nitrogen and oxygen atoms in total. The molecule has 0 spiro atoms. The molecule has 0 fully saturated rings. The van der Waals surface area contributed by atoms with Crippen LogP contribution in [0.1, 0.15) is 16.7 Å². The van der Waals surface area contributed by atoms with Crippen LogP contribution in [0.2, 0.25) is 5.02 Å². The van der Waals surface area contributed by atoms with E-state index in [1.807, 2.05) is 31.2 Å². The van der Waals surface area contributed by atoms with Gasteiger partial charge in [-0.25, -0.2) is 13.1 Å². The summed E-state index contributed by atoms with van der Waals surface area (Å²) in [6.45, 7) is 2.52. The molecular weight excluding hydrogens is 308 g/mol. The second-order valence-corrected chi connectivity index (χ2v) is 6.92. The lowest BCUT2D eigenvalue weighted by atomic mass is 10.1. The quantitative estimate of drug-likeness (QED) is 0.888. The maximum absolute atomic E-state index is 12.2. The summed E-state index contributed by atoms with van der Waals surface area (Å²) >= 11 is 6.00. The third kappa shape index (κ3) is 4.04. The van der Waals surface area contributed by atoms with Gasteiger partial charge in [0.15, 0.2) is 0 Å². The van der Waals surface area contributed by atoms with E-state index in [9.17, 15) is 8.42 Å². The molecule has 0 aliphatic rings. The van der Waals surface area contributed by atoms with Crippen LogP contribution in [0.25, 0.3) is 0 Å². The van der Waals surface area contributed by atoms with Crippen molar-refractivity contribution >= 4 is 21.6 Å². The third-order valence-corrected chi connectivity index (χ3v) is 4.99. The predicted molar refractivity (Wildman–Crippen MR) is 84.5 cm³/mol. The van der Waals surface area contributed by atoms with Crippen molar-refractivity contribution in [1.29, 1.82) is 0 Å². The fraction of sp³-hybridized carbons (Fsp3) is 0.200. The standard InChI is InChI=1S/C15H17ClN2O2S/c1-11-2-7-15(14(16)8-11)21(19,20)18-10-13-5-3-12(9-17)4-6-13/h2-8,18H,9-10,17H2,1H3. The lowest BCUT2D eigenvalue weighted by Gasteiger charge is -2.09. The van der Waals surface area contributed by atoms with Crippen LogP contribution in [-0.2, 0) is 23.1 Å². The molecular formula is C15H17ClN2O2S. The van der Waals surface area contributed by atoms with Gasteiger partial charge >= 0.3 is 0 Å². The van der Waals surface area contributed by atoms with Gasteiger partial charge in [-0.1, -0.05) is 41.9 Å². The first kappa shape index (κ1) is 16.0. The monoisotopic (exact) mass is 324 g/mol. The van der Waals surface area contributed by atoms with Crippen molar-refractivity contribution in [1.82, 2.24) is 4.72 Å². The van der Waals surface area contributed by atoms with Gasteiger partial charge in [-0.15, -0.1) is 0 Å². The first-order valence-electron chi connectivity index (χ1n) is 6.46. The minimum Gasteiger partial charge on any atom is -0.326 e. The van der Waals surface area contributed by atoms with E-state index in [4.69, 9.17) is 17.3 Å². The number of nitrogens with two attached hydrogens (primary N) is 1. The highest BCUT2D eigenvalue weighted by Crippen LogP contribution is 2.22. The van der Waals surface area contributed by atoms with Crippen LogP contribution in [-0.4, -0.2) is 8.42 Å². The molecule has 0 saturated carbocycles. The van der Waals surface area contributed by atoms with E-state index in [-0.39, 0.29) is 16.5 Å². The molecule has 0 saturated heterocycles. The van der Waals surface area contributed by atoms with Crippen molar-refractivity contribution < 1.29 is 8.42 Å². The molecule has 2 aromatic rings. The van der Waals surface area contributed by atoms with Gasteiger partial charge in [-0.05, 0) is 35.7 Å². The molecule has 6 heteroatoms. The number of hydrogen-bond donors (Lipinski definition) is 2. The van der Waals surface area contributed by atoms with Crippen molar-refractivity contribution in [3.8, 4) is 0 Å². The Morgan fingerprint density at radius 2 is 1.71 bits per heavy atom. The van der Waals surface area contributed by atoms with Crippen LogP contribution in [0.15, 0.2) is 47.4 Å². The summed E-state index contributed by atoms with van der Waals surface area (Å²) in [7, 11) is -3.63. The van der Waals surface area contributed by atoms with E-state index in [1.165, 1.54) is 6.07 Å². The highest BCUT2D eigenvalue weighted by atomic mass is 35.5. The van der Waals surface area contributed by atoms with Crippen LogP contribution in [0, 0.1) is 6.92 Å². The van der Waals surface area contributed by atoms with E-state index in [0.717, 1.165) is 16.7 Å². The molecule has 3 N–H and O–H groups in total. The fourth-order valence-electron chi connectivity index (χ4n) is 1.87. The number of rotatable bonds is 5. The maximum atomic E-state index is 12.2. The summed E-state index contributed by atoms with van der Waals surface area (Å²) in [6, 6.07) is 12.3. The molecule has 0 aliphatic heterocycles. The predicted octanol–water partition coefficient (Wildman–Crippen LogP) is 2.59. The first-order chi connectivity index (χ1) is 9.92. The van der Waals surface area contributed by atoms with Crippen molar-refractivity contribution in [3.63, 3.8) is 0 Å². The number of nitrogens with one attached hydrogen (secondary N) is 1. The molecule has 0 unspecified atom stereocenters.